The van der Waals surface area contributed by atoms with Crippen molar-refractivity contribution in [1.29, 1.82) is 0 Å². The van der Waals surface area contributed by atoms with E-state index in [0.717, 1.165) is 120 Å². The molecule has 1 saturated heterocycles. The molecule has 0 radical (unpaired) electrons. The van der Waals surface area contributed by atoms with E-state index in [1.54, 1.807) is 13.3 Å². The fourth-order valence-electron chi connectivity index (χ4n) is 8.47. The van der Waals surface area contributed by atoms with Crippen molar-refractivity contribution < 1.29 is 19.1 Å². The van der Waals surface area contributed by atoms with Crippen LogP contribution in [0.3, 0.4) is 0 Å². The Morgan fingerprint density at radius 1 is 0.891 bits per heavy atom. The highest BCUT2D eigenvalue weighted by Crippen LogP contribution is 2.27. The number of allylic oxidation sites excluding steroid dienone is 4. The van der Waals surface area contributed by atoms with Gasteiger partial charge < -0.3 is 20.1 Å². The Labute approximate surface area is 328 Å². The first-order chi connectivity index (χ1) is 26.9. The first-order valence-corrected chi connectivity index (χ1v) is 20.9. The number of aromatic nitrogens is 1. The SMILES string of the molecule is CO[C@@H](COc1cccc2ncccc12)CN1CCN(CC(=O)NC2CCC(C(=O)NC(CCCC3=CC=CC(C)C3)CCCc3ccccc3)CC2)CC1. The van der Waals surface area contributed by atoms with E-state index in [1.807, 2.05) is 30.3 Å². The van der Waals surface area contributed by atoms with Crippen LogP contribution in [-0.2, 0) is 20.7 Å². The molecule has 9 nitrogen and oxygen atoms in total. The second kappa shape index (κ2) is 21.3. The van der Waals surface area contributed by atoms with Crippen molar-refractivity contribution in [2.24, 2.45) is 11.8 Å². The number of amides is 2. The topological polar surface area (TPSA) is 96.0 Å². The molecule has 1 aromatic heterocycles. The Hall–Kier alpha value is -4.05. The Morgan fingerprint density at radius 2 is 1.65 bits per heavy atom. The molecule has 2 aliphatic carbocycles. The molecule has 2 fully saturated rings. The van der Waals surface area contributed by atoms with Gasteiger partial charge in [-0.3, -0.25) is 24.4 Å². The minimum Gasteiger partial charge on any atom is -0.490 e. The zero-order valence-electron chi connectivity index (χ0n) is 33.2. The van der Waals surface area contributed by atoms with E-state index in [4.69, 9.17) is 9.47 Å². The maximum atomic E-state index is 13.6. The van der Waals surface area contributed by atoms with E-state index in [9.17, 15) is 9.59 Å². The molecular weight excluding hydrogens is 687 g/mol. The lowest BCUT2D eigenvalue weighted by Crippen LogP contribution is -2.52. The number of carbonyl (C=O) groups excluding carboxylic acids is 2. The van der Waals surface area contributed by atoms with E-state index < -0.39 is 0 Å². The summed E-state index contributed by atoms with van der Waals surface area (Å²) in [6.45, 7) is 7.38. The van der Waals surface area contributed by atoms with Gasteiger partial charge in [0.15, 0.2) is 0 Å². The third-order valence-corrected chi connectivity index (χ3v) is 11.7. The van der Waals surface area contributed by atoms with Gasteiger partial charge in [-0.1, -0.05) is 67.1 Å². The molecule has 2 N–H and O–H groups in total. The molecule has 2 aromatic carbocycles. The summed E-state index contributed by atoms with van der Waals surface area (Å²) < 4.78 is 12.0. The highest BCUT2D eigenvalue weighted by atomic mass is 16.5. The number of hydrogen-bond donors (Lipinski definition) is 2. The Morgan fingerprint density at radius 3 is 2.42 bits per heavy atom. The summed E-state index contributed by atoms with van der Waals surface area (Å²) in [4.78, 5) is 35.7. The number of methoxy groups -OCH3 is 1. The molecule has 3 aliphatic rings. The van der Waals surface area contributed by atoms with Gasteiger partial charge in [0.1, 0.15) is 18.5 Å². The van der Waals surface area contributed by atoms with Crippen LogP contribution in [0.25, 0.3) is 10.9 Å². The van der Waals surface area contributed by atoms with Gasteiger partial charge in [0, 0.05) is 69.4 Å². The molecule has 55 heavy (non-hydrogen) atoms. The molecule has 9 heteroatoms. The molecule has 296 valence electrons. The monoisotopic (exact) mass is 749 g/mol. The van der Waals surface area contributed by atoms with Crippen LogP contribution in [0.5, 0.6) is 5.75 Å². The number of rotatable bonds is 19. The third kappa shape index (κ3) is 13.0. The number of pyridine rings is 1. The molecule has 2 heterocycles. The largest absolute Gasteiger partial charge is 0.490 e. The van der Waals surface area contributed by atoms with Crippen LogP contribution in [0, 0.1) is 11.8 Å². The molecule has 3 aromatic rings. The van der Waals surface area contributed by atoms with Crippen LogP contribution < -0.4 is 15.4 Å². The third-order valence-electron chi connectivity index (χ3n) is 11.7. The Bertz CT molecular complexity index is 1690. The molecule has 1 saturated carbocycles. The molecule has 6 rings (SSSR count). The van der Waals surface area contributed by atoms with Crippen molar-refractivity contribution in [3.63, 3.8) is 0 Å². The lowest BCUT2D eigenvalue weighted by Gasteiger charge is -2.36. The second-order valence-corrected chi connectivity index (χ2v) is 16.1. The summed E-state index contributed by atoms with van der Waals surface area (Å²) in [5.74, 6) is 1.75. The second-order valence-electron chi connectivity index (χ2n) is 16.1. The minimum absolute atomic E-state index is 0.0234. The average Bonchev–Trinajstić information content (AvgIpc) is 3.20. The number of piperazine rings is 1. The van der Waals surface area contributed by atoms with Gasteiger partial charge in [0.05, 0.1) is 12.1 Å². The van der Waals surface area contributed by atoms with Crippen molar-refractivity contribution in [3.8, 4) is 5.75 Å². The number of aryl methyl sites for hydroxylation is 1. The van der Waals surface area contributed by atoms with Crippen LogP contribution in [0.4, 0.5) is 0 Å². The van der Waals surface area contributed by atoms with E-state index >= 15 is 0 Å². The van der Waals surface area contributed by atoms with Gasteiger partial charge in [-0.25, -0.2) is 0 Å². The van der Waals surface area contributed by atoms with Gasteiger partial charge >= 0.3 is 0 Å². The number of benzene rings is 2. The fourth-order valence-corrected chi connectivity index (χ4v) is 8.47. The summed E-state index contributed by atoms with van der Waals surface area (Å²) in [6, 6.07) is 20.9. The molecule has 2 amide bonds. The maximum Gasteiger partial charge on any atom is 0.234 e. The summed E-state index contributed by atoms with van der Waals surface area (Å²) >= 11 is 0. The van der Waals surface area contributed by atoms with Crippen molar-refractivity contribution in [1.82, 2.24) is 25.4 Å². The number of hydrogen-bond acceptors (Lipinski definition) is 7. The van der Waals surface area contributed by atoms with Gasteiger partial charge in [-0.2, -0.15) is 0 Å². The molecule has 3 atom stereocenters. The van der Waals surface area contributed by atoms with Gasteiger partial charge in [0.2, 0.25) is 11.8 Å². The molecule has 0 spiro atoms. The quantitative estimate of drug-likeness (QED) is 0.135. The van der Waals surface area contributed by atoms with Crippen LogP contribution in [0.1, 0.15) is 76.7 Å². The van der Waals surface area contributed by atoms with E-state index in [2.05, 4.69) is 80.9 Å². The van der Waals surface area contributed by atoms with Crippen molar-refractivity contribution >= 4 is 22.7 Å². The van der Waals surface area contributed by atoms with E-state index in [0.29, 0.717) is 19.1 Å². The van der Waals surface area contributed by atoms with Crippen LogP contribution in [0.15, 0.2) is 90.7 Å². The zero-order valence-corrected chi connectivity index (χ0v) is 33.2. The van der Waals surface area contributed by atoms with Crippen molar-refractivity contribution in [3.05, 3.63) is 96.2 Å². The Balaban J connectivity index is 0.875. The number of ether oxygens (including phenoxy) is 2. The van der Waals surface area contributed by atoms with Crippen LogP contribution in [0.2, 0.25) is 0 Å². The van der Waals surface area contributed by atoms with Crippen molar-refractivity contribution in [2.45, 2.75) is 95.7 Å². The first-order valence-electron chi connectivity index (χ1n) is 20.9. The smallest absolute Gasteiger partial charge is 0.234 e. The highest BCUT2D eigenvalue weighted by molar-refractivity contribution is 5.84. The van der Waals surface area contributed by atoms with Crippen LogP contribution >= 0.6 is 0 Å². The molecule has 0 bridgehead atoms. The van der Waals surface area contributed by atoms with Gasteiger partial charge in [-0.05, 0) is 106 Å². The number of nitrogens with one attached hydrogen (secondary N) is 2. The fraction of sp³-hybridized carbons (Fsp3) is 0.543. The van der Waals surface area contributed by atoms with Crippen LogP contribution in [-0.4, -0.2) is 97.8 Å². The normalized spacial score (nSPS) is 21.8. The lowest BCUT2D eigenvalue weighted by atomic mass is 9.85. The summed E-state index contributed by atoms with van der Waals surface area (Å²) in [5.41, 5.74) is 3.80. The first kappa shape index (κ1) is 40.6. The minimum atomic E-state index is -0.0597. The zero-order chi connectivity index (χ0) is 38.2. The standard InChI is InChI=1S/C46H63N5O4/c1-35-11-6-15-37(31-35)16-8-18-39(17-7-14-36-12-4-3-5-13-36)49-46(53)38-22-24-40(25-23-38)48-45(52)33-51-29-27-50(28-30-51)32-41(54-2)34-55-44-21-9-20-43-42(44)19-10-26-47-43/h3-6,9-13,15,19-21,26,35,38-41H,7-8,14,16-18,22-25,27-34H2,1-2H3,(H,48,52)(H,49,53)/t35?,38?,39?,40?,41-/m1/s1. The molecule has 2 unspecified atom stereocenters. The summed E-state index contributed by atoms with van der Waals surface area (Å²) in [7, 11) is 1.74. The van der Waals surface area contributed by atoms with E-state index in [1.165, 1.54) is 11.1 Å². The predicted octanol–water partition coefficient (Wildman–Crippen LogP) is 7.12. The Kier molecular flexibility index (Phi) is 15.7. The predicted molar refractivity (Wildman–Crippen MR) is 221 cm³/mol. The summed E-state index contributed by atoms with van der Waals surface area (Å²) in [6.07, 6.45) is 19.3. The lowest BCUT2D eigenvalue weighted by molar-refractivity contribution is -0.127. The highest BCUT2D eigenvalue weighted by Gasteiger charge is 2.29. The van der Waals surface area contributed by atoms with Gasteiger partial charge in [-0.15, -0.1) is 0 Å². The summed E-state index contributed by atoms with van der Waals surface area (Å²) in [5, 5.41) is 7.78. The molecule has 1 aliphatic heterocycles. The maximum absolute atomic E-state index is 13.6. The number of fused-ring (bicyclic) bond motifs is 1. The van der Waals surface area contributed by atoms with E-state index in [-0.39, 0.29) is 35.9 Å². The van der Waals surface area contributed by atoms with Crippen molar-refractivity contribution in [2.75, 3.05) is 53.0 Å². The average molecular weight is 750 g/mol. The molecular formula is C46H63N5O4. The number of nitrogens with zero attached hydrogens (tertiary/aromatic N) is 3. The van der Waals surface area contributed by atoms with Gasteiger partial charge in [0.25, 0.3) is 0 Å². The number of carbonyl (C=O) groups is 2.